The van der Waals surface area contributed by atoms with Crippen molar-refractivity contribution in [2.24, 2.45) is 0 Å². The van der Waals surface area contributed by atoms with Gasteiger partial charge in [0.1, 0.15) is 5.82 Å². The Morgan fingerprint density at radius 3 is 1.35 bits per heavy atom. The molecule has 0 amide bonds. The summed E-state index contributed by atoms with van der Waals surface area (Å²) in [5, 5.41) is 11.9. The zero-order chi connectivity index (χ0) is 47.8. The van der Waals surface area contributed by atoms with Gasteiger partial charge < -0.3 is 4.57 Å². The van der Waals surface area contributed by atoms with E-state index >= 15 is 0 Å². The molecule has 0 aliphatic heterocycles. The Hall–Kier alpha value is -9.61. The normalized spacial score (nSPS) is 11.9. The highest BCUT2D eigenvalue weighted by atomic mass is 28.3. The first-order valence-electron chi connectivity index (χ1n) is 24.3. The Balaban J connectivity index is 1.05. The van der Waals surface area contributed by atoms with Gasteiger partial charge in [-0.15, -0.1) is 0 Å². The Labute approximate surface area is 416 Å². The van der Waals surface area contributed by atoms with E-state index in [4.69, 9.17) is 16.5 Å². The van der Waals surface area contributed by atoms with Crippen LogP contribution in [0.2, 0.25) is 0 Å². The lowest BCUT2D eigenvalue weighted by Gasteiger charge is -2.34. The van der Waals surface area contributed by atoms with Crippen molar-refractivity contribution in [1.82, 2.24) is 23.7 Å². The van der Waals surface area contributed by atoms with Crippen LogP contribution < -0.4 is 20.7 Å². The van der Waals surface area contributed by atoms with Crippen molar-refractivity contribution >= 4 is 99.9 Å². The molecular weight excluding hydrogens is 893 g/mol. The van der Waals surface area contributed by atoms with E-state index in [2.05, 4.69) is 255 Å². The molecule has 4 heterocycles. The van der Waals surface area contributed by atoms with E-state index in [1.54, 1.807) is 0 Å². The van der Waals surface area contributed by atoms with Crippen LogP contribution in [0.25, 0.3) is 99.0 Å². The highest BCUT2D eigenvalue weighted by molar-refractivity contribution is 7.19. The quantitative estimate of drug-likeness (QED) is 0.0866. The van der Waals surface area contributed by atoms with Gasteiger partial charge in [0.2, 0.25) is 5.95 Å². The molecule has 0 aliphatic carbocycles. The van der Waals surface area contributed by atoms with E-state index in [1.165, 1.54) is 42.6 Å². The second kappa shape index (κ2) is 16.5. The van der Waals surface area contributed by atoms with E-state index in [9.17, 15) is 0 Å². The Kier molecular flexibility index (Phi) is 9.49. The molecule has 10 aromatic carbocycles. The number of aromatic nitrogens is 5. The SMILES string of the molecule is [C-]#[N+]c1ccc2c(c1)c1ccccc1n2-c1nc(-c2cccc([Si](c3ccccc3)(c3ccccc3)c3ccccc3)c2)cc(-n2c3ccccc3c3cc(-n4c5ccccc5c5ccccc54)ccc32)n1. The summed E-state index contributed by atoms with van der Waals surface area (Å²) in [6.45, 7) is 7.90. The van der Waals surface area contributed by atoms with Crippen molar-refractivity contribution in [1.29, 1.82) is 0 Å². The number of rotatable bonds is 8. The van der Waals surface area contributed by atoms with Gasteiger partial charge in [-0.2, -0.15) is 4.98 Å². The highest BCUT2D eigenvalue weighted by Crippen LogP contribution is 2.39. The highest BCUT2D eigenvalue weighted by Gasteiger charge is 2.41. The molecule has 0 fully saturated rings. The van der Waals surface area contributed by atoms with Crippen LogP contribution in [0, 0.1) is 6.57 Å². The largest absolute Gasteiger partial charge is 0.309 e. The van der Waals surface area contributed by atoms with Crippen molar-refractivity contribution in [3.8, 4) is 28.7 Å². The fraction of sp³-hybridized carbons (Fsp3) is 0. The lowest BCUT2D eigenvalue weighted by Crippen LogP contribution is -2.74. The minimum atomic E-state index is -2.89. The molecule has 0 saturated carbocycles. The number of para-hydroxylation sites is 4. The summed E-state index contributed by atoms with van der Waals surface area (Å²) >= 11 is 0. The van der Waals surface area contributed by atoms with Crippen LogP contribution in [0.5, 0.6) is 0 Å². The Morgan fingerprint density at radius 1 is 0.333 bits per heavy atom. The number of benzene rings is 10. The van der Waals surface area contributed by atoms with Gasteiger partial charge in [0.15, 0.2) is 13.8 Å². The molecule has 0 saturated heterocycles. The molecule has 0 aliphatic rings. The molecule has 72 heavy (non-hydrogen) atoms. The van der Waals surface area contributed by atoms with Crippen molar-refractivity contribution in [2.45, 2.75) is 0 Å². The number of fused-ring (bicyclic) bond motifs is 9. The molecule has 336 valence electrons. The summed E-state index contributed by atoms with van der Waals surface area (Å²) in [6, 6.07) is 91.5. The lowest BCUT2D eigenvalue weighted by atomic mass is 10.1. The van der Waals surface area contributed by atoms with Crippen LogP contribution in [0.4, 0.5) is 5.69 Å². The third kappa shape index (κ3) is 6.26. The van der Waals surface area contributed by atoms with Gasteiger partial charge in [0.25, 0.3) is 0 Å². The first-order chi connectivity index (χ1) is 35.7. The van der Waals surface area contributed by atoms with Gasteiger partial charge >= 0.3 is 0 Å². The van der Waals surface area contributed by atoms with E-state index in [-0.39, 0.29) is 0 Å². The Morgan fingerprint density at radius 2 is 0.778 bits per heavy atom. The van der Waals surface area contributed by atoms with Gasteiger partial charge in [-0.3, -0.25) is 9.13 Å². The smallest absolute Gasteiger partial charge is 0.237 e. The molecule has 0 bridgehead atoms. The molecule has 0 radical (unpaired) electrons. The molecule has 0 atom stereocenters. The molecule has 7 heteroatoms. The van der Waals surface area contributed by atoms with Gasteiger partial charge in [-0.1, -0.05) is 194 Å². The molecular formula is C65H42N6Si. The van der Waals surface area contributed by atoms with Crippen LogP contribution in [-0.2, 0) is 0 Å². The van der Waals surface area contributed by atoms with Crippen LogP contribution in [0.15, 0.2) is 255 Å². The molecule has 14 aromatic rings. The molecule has 6 nitrogen and oxygen atoms in total. The van der Waals surface area contributed by atoms with Gasteiger partial charge in [0, 0.05) is 44.2 Å². The summed E-state index contributed by atoms with van der Waals surface area (Å²) in [5.74, 6) is 1.29. The molecule has 0 N–H and O–H groups in total. The van der Waals surface area contributed by atoms with Crippen molar-refractivity contribution < 1.29 is 0 Å². The monoisotopic (exact) mass is 934 g/mol. The zero-order valence-electron chi connectivity index (χ0n) is 38.9. The van der Waals surface area contributed by atoms with E-state index in [0.29, 0.717) is 11.6 Å². The summed E-state index contributed by atoms with van der Waals surface area (Å²) in [6.07, 6.45) is 0. The fourth-order valence-corrected chi connectivity index (χ4v) is 16.3. The molecule has 4 aromatic heterocycles. The summed E-state index contributed by atoms with van der Waals surface area (Å²) in [5.41, 5.74) is 9.79. The van der Waals surface area contributed by atoms with Gasteiger partial charge in [-0.05, 0) is 80.7 Å². The van der Waals surface area contributed by atoms with Crippen molar-refractivity contribution in [3.63, 3.8) is 0 Å². The molecule has 0 unspecified atom stereocenters. The topological polar surface area (TPSA) is 44.9 Å². The number of hydrogen-bond donors (Lipinski definition) is 0. The minimum Gasteiger partial charge on any atom is -0.309 e. The van der Waals surface area contributed by atoms with Crippen LogP contribution in [0.1, 0.15) is 0 Å². The first kappa shape index (κ1) is 41.4. The van der Waals surface area contributed by atoms with E-state index < -0.39 is 8.07 Å². The molecule has 14 rings (SSSR count). The second-order valence-corrected chi connectivity index (χ2v) is 22.2. The van der Waals surface area contributed by atoms with Crippen molar-refractivity contribution in [3.05, 3.63) is 266 Å². The Bertz CT molecular complexity index is 4320. The summed E-state index contributed by atoms with van der Waals surface area (Å²) in [7, 11) is -2.89. The predicted molar refractivity (Wildman–Crippen MR) is 300 cm³/mol. The maximum Gasteiger partial charge on any atom is 0.237 e. The average Bonchev–Trinajstić information content (AvgIpc) is 4.09. The maximum atomic E-state index is 7.90. The standard InChI is InChI=1S/C65H42N6Si/c1-66-45-36-38-63-55(41-45)53-30-14-18-35-61(53)71(63)65-67-57(44-20-19-27-50(40-44)72(47-21-5-2-6-22-47,48-23-7-3-8-24-48)49-25-9-4-10-26-49)43-64(68-65)70-60-34-17-13-31-54(60)56-42-46(37-39-62(56)70)69-58-32-15-11-28-51(58)52-29-12-16-33-59(52)69/h2-43H. The van der Waals surface area contributed by atoms with Crippen LogP contribution in [-0.4, -0.2) is 31.7 Å². The zero-order valence-corrected chi connectivity index (χ0v) is 39.9. The van der Waals surface area contributed by atoms with Crippen molar-refractivity contribution in [2.75, 3.05) is 0 Å². The van der Waals surface area contributed by atoms with E-state index in [1.807, 2.05) is 18.2 Å². The van der Waals surface area contributed by atoms with Gasteiger partial charge in [-0.25, -0.2) is 9.83 Å². The first-order valence-corrected chi connectivity index (χ1v) is 26.3. The maximum absolute atomic E-state index is 7.90. The number of nitrogens with zero attached hydrogens (tertiary/aromatic N) is 6. The second-order valence-electron chi connectivity index (χ2n) is 18.4. The summed E-state index contributed by atoms with van der Waals surface area (Å²) in [4.78, 5) is 15.0. The minimum absolute atomic E-state index is 0.542. The van der Waals surface area contributed by atoms with Crippen LogP contribution in [0.3, 0.4) is 0 Å². The third-order valence-corrected chi connectivity index (χ3v) is 19.4. The lowest BCUT2D eigenvalue weighted by molar-refractivity contribution is 0.952. The molecule has 0 spiro atoms. The predicted octanol–water partition coefficient (Wildman–Crippen LogP) is 13.4. The van der Waals surface area contributed by atoms with E-state index in [0.717, 1.165) is 66.4 Å². The van der Waals surface area contributed by atoms with Crippen LogP contribution >= 0.6 is 0 Å². The number of hydrogen-bond acceptors (Lipinski definition) is 2. The third-order valence-electron chi connectivity index (χ3n) is 14.6. The summed E-state index contributed by atoms with van der Waals surface area (Å²) < 4.78 is 6.86. The fourth-order valence-electron chi connectivity index (χ4n) is 11.6. The average molecular weight is 935 g/mol. The van der Waals surface area contributed by atoms with Gasteiger partial charge in [0.05, 0.1) is 45.4 Å².